The van der Waals surface area contributed by atoms with Crippen molar-refractivity contribution in [2.75, 3.05) is 25.0 Å². The average molecular weight is 293 g/mol. The fourth-order valence-corrected chi connectivity index (χ4v) is 2.62. The number of amides is 1. The summed E-state index contributed by atoms with van der Waals surface area (Å²) in [5.41, 5.74) is 0.693. The Kier molecular flexibility index (Phi) is 4.74. The third-order valence-corrected chi connectivity index (χ3v) is 3.66. The SMILES string of the molecule is CCNc1cc(C(=O)N2CCCC2CO)ccc1[N+](=O)[O-]. The molecule has 2 rings (SSSR count). The van der Waals surface area contributed by atoms with Crippen LogP contribution in [0.1, 0.15) is 30.1 Å². The Morgan fingerprint density at radius 3 is 2.95 bits per heavy atom. The number of aliphatic hydroxyl groups excluding tert-OH is 1. The van der Waals surface area contributed by atoms with E-state index in [1.54, 1.807) is 4.90 Å². The topological polar surface area (TPSA) is 95.7 Å². The van der Waals surface area contributed by atoms with Crippen LogP contribution >= 0.6 is 0 Å². The normalized spacial score (nSPS) is 17.8. The van der Waals surface area contributed by atoms with Gasteiger partial charge in [0.15, 0.2) is 0 Å². The fourth-order valence-electron chi connectivity index (χ4n) is 2.62. The van der Waals surface area contributed by atoms with E-state index < -0.39 is 4.92 Å². The first-order chi connectivity index (χ1) is 10.1. The van der Waals surface area contributed by atoms with Crippen LogP contribution in [0.5, 0.6) is 0 Å². The van der Waals surface area contributed by atoms with Crippen molar-refractivity contribution in [1.82, 2.24) is 4.90 Å². The van der Waals surface area contributed by atoms with Crippen molar-refractivity contribution in [2.45, 2.75) is 25.8 Å². The van der Waals surface area contributed by atoms with E-state index in [-0.39, 0.29) is 24.2 Å². The summed E-state index contributed by atoms with van der Waals surface area (Å²) in [6, 6.07) is 4.16. The molecule has 21 heavy (non-hydrogen) atoms. The second-order valence-corrected chi connectivity index (χ2v) is 5.00. The van der Waals surface area contributed by atoms with Crippen LogP contribution in [0, 0.1) is 10.1 Å². The number of hydrogen-bond donors (Lipinski definition) is 2. The molecule has 7 nitrogen and oxygen atoms in total. The van der Waals surface area contributed by atoms with E-state index >= 15 is 0 Å². The fraction of sp³-hybridized carbons (Fsp3) is 0.500. The van der Waals surface area contributed by atoms with Crippen molar-refractivity contribution < 1.29 is 14.8 Å². The minimum absolute atomic E-state index is 0.0477. The zero-order valence-corrected chi connectivity index (χ0v) is 11.9. The van der Waals surface area contributed by atoms with Crippen LogP contribution < -0.4 is 5.32 Å². The molecule has 0 bridgehead atoms. The summed E-state index contributed by atoms with van der Waals surface area (Å²) in [5, 5.41) is 23.2. The summed E-state index contributed by atoms with van der Waals surface area (Å²) in [5.74, 6) is -0.194. The highest BCUT2D eigenvalue weighted by Crippen LogP contribution is 2.27. The molecular formula is C14H19N3O4. The van der Waals surface area contributed by atoms with E-state index in [1.807, 2.05) is 6.92 Å². The largest absolute Gasteiger partial charge is 0.394 e. The Balaban J connectivity index is 2.29. The van der Waals surface area contributed by atoms with Gasteiger partial charge in [-0.2, -0.15) is 0 Å². The molecule has 0 saturated carbocycles. The molecule has 7 heteroatoms. The molecule has 1 aromatic rings. The van der Waals surface area contributed by atoms with Gasteiger partial charge in [-0.15, -0.1) is 0 Å². The van der Waals surface area contributed by atoms with Gasteiger partial charge in [0, 0.05) is 24.7 Å². The predicted molar refractivity (Wildman–Crippen MR) is 78.4 cm³/mol. The molecule has 1 atom stereocenters. The van der Waals surface area contributed by atoms with Gasteiger partial charge in [-0.3, -0.25) is 14.9 Å². The van der Waals surface area contributed by atoms with E-state index in [1.165, 1.54) is 18.2 Å². The van der Waals surface area contributed by atoms with Crippen LogP contribution in [0.15, 0.2) is 18.2 Å². The zero-order chi connectivity index (χ0) is 15.4. The number of benzene rings is 1. The van der Waals surface area contributed by atoms with Crippen molar-refractivity contribution >= 4 is 17.3 Å². The number of nitrogens with zero attached hydrogens (tertiary/aromatic N) is 2. The number of likely N-dealkylation sites (tertiary alicyclic amines) is 1. The van der Waals surface area contributed by atoms with Gasteiger partial charge in [-0.1, -0.05) is 0 Å². The van der Waals surface area contributed by atoms with Gasteiger partial charge in [0.05, 0.1) is 17.6 Å². The number of nitro benzene ring substituents is 1. The number of rotatable bonds is 5. The average Bonchev–Trinajstić information content (AvgIpc) is 2.95. The lowest BCUT2D eigenvalue weighted by Crippen LogP contribution is -2.37. The highest BCUT2D eigenvalue weighted by molar-refractivity contribution is 5.96. The molecule has 0 spiro atoms. The molecule has 0 aromatic heterocycles. The van der Waals surface area contributed by atoms with E-state index in [9.17, 15) is 20.0 Å². The van der Waals surface area contributed by atoms with Gasteiger partial charge >= 0.3 is 0 Å². The molecular weight excluding hydrogens is 274 g/mol. The maximum Gasteiger partial charge on any atom is 0.292 e. The lowest BCUT2D eigenvalue weighted by atomic mass is 10.1. The second-order valence-electron chi connectivity index (χ2n) is 5.00. The molecule has 1 heterocycles. The summed E-state index contributed by atoms with van der Waals surface area (Å²) in [4.78, 5) is 24.6. The van der Waals surface area contributed by atoms with Crippen LogP contribution in [-0.2, 0) is 0 Å². The smallest absolute Gasteiger partial charge is 0.292 e. The van der Waals surface area contributed by atoms with Gasteiger partial charge in [0.1, 0.15) is 5.69 Å². The first-order valence-corrected chi connectivity index (χ1v) is 7.02. The van der Waals surface area contributed by atoms with Crippen molar-refractivity contribution in [3.05, 3.63) is 33.9 Å². The number of nitro groups is 1. The molecule has 2 N–H and O–H groups in total. The molecule has 0 aliphatic carbocycles. The summed E-state index contributed by atoms with van der Waals surface area (Å²) in [6.45, 7) is 2.92. The Hall–Kier alpha value is -2.15. The molecule has 114 valence electrons. The van der Waals surface area contributed by atoms with Gasteiger partial charge in [-0.05, 0) is 31.9 Å². The summed E-state index contributed by atoms with van der Waals surface area (Å²) < 4.78 is 0. The third-order valence-electron chi connectivity index (χ3n) is 3.66. The highest BCUT2D eigenvalue weighted by Gasteiger charge is 2.29. The Bertz CT molecular complexity index is 547. The lowest BCUT2D eigenvalue weighted by Gasteiger charge is -2.23. The number of aliphatic hydroxyl groups is 1. The number of anilines is 1. The molecule has 1 fully saturated rings. The third kappa shape index (κ3) is 3.13. The Morgan fingerprint density at radius 2 is 2.33 bits per heavy atom. The van der Waals surface area contributed by atoms with Crippen LogP contribution in [0.25, 0.3) is 0 Å². The van der Waals surface area contributed by atoms with Gasteiger partial charge in [0.25, 0.3) is 11.6 Å². The maximum atomic E-state index is 12.5. The quantitative estimate of drug-likeness (QED) is 0.635. The minimum atomic E-state index is -0.474. The highest BCUT2D eigenvalue weighted by atomic mass is 16.6. The van der Waals surface area contributed by atoms with Crippen LogP contribution in [0.3, 0.4) is 0 Å². The minimum Gasteiger partial charge on any atom is -0.394 e. The molecule has 1 unspecified atom stereocenters. The number of nitrogens with one attached hydrogen (secondary N) is 1. The summed E-state index contributed by atoms with van der Waals surface area (Å²) in [6.07, 6.45) is 1.65. The van der Waals surface area contributed by atoms with E-state index in [0.29, 0.717) is 24.3 Å². The van der Waals surface area contributed by atoms with E-state index in [4.69, 9.17) is 0 Å². The van der Waals surface area contributed by atoms with Crippen LogP contribution in [-0.4, -0.2) is 46.6 Å². The maximum absolute atomic E-state index is 12.5. The second kappa shape index (κ2) is 6.53. The van der Waals surface area contributed by atoms with Crippen LogP contribution in [0.4, 0.5) is 11.4 Å². The van der Waals surface area contributed by atoms with Crippen molar-refractivity contribution in [3.8, 4) is 0 Å². The Labute approximate surface area is 122 Å². The first-order valence-electron chi connectivity index (χ1n) is 7.02. The standard InChI is InChI=1S/C14H19N3O4/c1-2-15-12-8-10(5-6-13(12)17(20)21)14(19)16-7-3-4-11(16)9-18/h5-6,8,11,15,18H,2-4,7,9H2,1H3. The predicted octanol–water partition coefficient (Wildman–Crippen LogP) is 1.62. The van der Waals surface area contributed by atoms with E-state index in [2.05, 4.69) is 5.32 Å². The zero-order valence-electron chi connectivity index (χ0n) is 11.9. The van der Waals surface area contributed by atoms with Crippen LogP contribution in [0.2, 0.25) is 0 Å². The first kappa shape index (κ1) is 15.2. The van der Waals surface area contributed by atoms with Gasteiger partial charge in [-0.25, -0.2) is 0 Å². The lowest BCUT2D eigenvalue weighted by molar-refractivity contribution is -0.384. The summed E-state index contributed by atoms with van der Waals surface area (Å²) >= 11 is 0. The number of carbonyl (C=O) groups is 1. The van der Waals surface area contributed by atoms with Crippen molar-refractivity contribution in [1.29, 1.82) is 0 Å². The van der Waals surface area contributed by atoms with Gasteiger partial charge < -0.3 is 15.3 Å². The van der Waals surface area contributed by atoms with E-state index in [0.717, 1.165) is 12.8 Å². The monoisotopic (exact) mass is 293 g/mol. The van der Waals surface area contributed by atoms with Crippen molar-refractivity contribution in [2.24, 2.45) is 0 Å². The molecule has 1 aliphatic heterocycles. The Morgan fingerprint density at radius 1 is 1.57 bits per heavy atom. The molecule has 1 aliphatic rings. The molecule has 1 saturated heterocycles. The van der Waals surface area contributed by atoms with Crippen molar-refractivity contribution in [3.63, 3.8) is 0 Å². The number of hydrogen-bond acceptors (Lipinski definition) is 5. The molecule has 1 amide bonds. The summed E-state index contributed by atoms with van der Waals surface area (Å²) in [7, 11) is 0. The number of carbonyl (C=O) groups excluding carboxylic acids is 1. The van der Waals surface area contributed by atoms with Gasteiger partial charge in [0.2, 0.25) is 0 Å². The molecule has 0 radical (unpaired) electrons. The molecule has 1 aromatic carbocycles.